The minimum atomic E-state index is -3.81. The van der Waals surface area contributed by atoms with Crippen LogP contribution < -0.4 is 0 Å². The molecule has 0 saturated carbocycles. The van der Waals surface area contributed by atoms with Crippen molar-refractivity contribution in [2.75, 3.05) is 0 Å². The van der Waals surface area contributed by atoms with Gasteiger partial charge in [-0.3, -0.25) is 0 Å². The van der Waals surface area contributed by atoms with Crippen molar-refractivity contribution >= 4 is 37.1 Å². The molecule has 0 saturated heterocycles. The lowest BCUT2D eigenvalue weighted by Gasteiger charge is -2.02. The van der Waals surface area contributed by atoms with Crippen molar-refractivity contribution in [1.29, 1.82) is 0 Å². The zero-order valence-electron chi connectivity index (χ0n) is 10.1. The van der Waals surface area contributed by atoms with Crippen molar-refractivity contribution in [3.05, 3.63) is 0 Å². The first-order valence-electron chi connectivity index (χ1n) is 4.87. The van der Waals surface area contributed by atoms with Gasteiger partial charge in [0, 0.05) is 0 Å². The molecule has 0 rings (SSSR count). The Balaban J connectivity index is -0.000000177. The van der Waals surface area contributed by atoms with E-state index in [-0.39, 0.29) is 0 Å². The highest BCUT2D eigenvalue weighted by Gasteiger charge is 1.93. The summed E-state index contributed by atoms with van der Waals surface area (Å²) in [6.45, 7) is -0.810. The van der Waals surface area contributed by atoms with Crippen LogP contribution in [0.15, 0.2) is 0 Å². The second-order valence-corrected chi connectivity index (χ2v) is 8.32. The van der Waals surface area contributed by atoms with Gasteiger partial charge in [-0.25, -0.2) is 0 Å². The predicted octanol–water partition coefficient (Wildman–Crippen LogP) is 1.21. The average Bonchev–Trinajstić information content (AvgIpc) is 1.98. The van der Waals surface area contributed by atoms with Crippen molar-refractivity contribution in [2.45, 2.75) is 40.0 Å². The molecule has 0 aliphatic carbocycles. The lowest BCUT2D eigenvalue weighted by Crippen LogP contribution is -1.88. The molecule has 0 spiro atoms. The fourth-order valence-corrected chi connectivity index (χ4v) is 0.697. The van der Waals surface area contributed by atoms with Crippen LogP contribution in [0.3, 0.4) is 0 Å². The van der Waals surface area contributed by atoms with Gasteiger partial charge in [-0.2, -0.15) is 0 Å². The van der Waals surface area contributed by atoms with Crippen molar-refractivity contribution in [3.8, 4) is 0 Å². The van der Waals surface area contributed by atoms with Crippen LogP contribution >= 0.6 is 13.4 Å². The van der Waals surface area contributed by atoms with Crippen LogP contribution in [-0.4, -0.2) is 29.4 Å². The van der Waals surface area contributed by atoms with Crippen LogP contribution in [0.2, 0.25) is 0 Å². The molecule has 0 heterocycles. The Hall–Kier alpha value is 1.06. The maximum absolute atomic E-state index is 7.56. The second-order valence-electron chi connectivity index (χ2n) is 3.33. The maximum atomic E-state index is 7.56. The fourth-order valence-electron chi connectivity index (χ4n) is 0.697. The summed E-state index contributed by atoms with van der Waals surface area (Å²) in [6, 6.07) is 0. The Labute approximate surface area is 112 Å². The highest BCUT2D eigenvalue weighted by Crippen LogP contribution is 2.26. The number of hydrogen-bond donors (Lipinski definition) is 6. The summed E-state index contributed by atoms with van der Waals surface area (Å²) >= 11 is 7.21. The maximum Gasteiger partial charge on any atom is 0.319 e. The normalized spacial score (nSPS) is 12.8. The monoisotopic (exact) mass is 328 g/mol. The largest absolute Gasteiger partial charge is 0.325 e. The first-order chi connectivity index (χ1) is 7.31. The summed E-state index contributed by atoms with van der Waals surface area (Å²) in [5.74, 6) is 0.949. The van der Waals surface area contributed by atoms with E-state index in [9.17, 15) is 0 Å². The van der Waals surface area contributed by atoms with Gasteiger partial charge < -0.3 is 29.4 Å². The molecule has 108 valence electrons. The minimum absolute atomic E-state index is 0.949. The molecular formula is C7H22O6P2S2. The van der Waals surface area contributed by atoms with E-state index in [0.29, 0.717) is 0 Å². The molecule has 0 aromatic carbocycles. The van der Waals surface area contributed by atoms with Crippen molar-refractivity contribution in [1.82, 2.24) is 0 Å². The van der Waals surface area contributed by atoms with Crippen LogP contribution in [0.25, 0.3) is 0 Å². The molecule has 0 aromatic heterocycles. The first-order valence-corrected chi connectivity index (χ1v) is 10.2. The van der Waals surface area contributed by atoms with Gasteiger partial charge in [0.2, 0.25) is 0 Å². The summed E-state index contributed by atoms with van der Waals surface area (Å²) in [6.07, 6.45) is 4.08. The molecular weight excluding hydrogens is 306 g/mol. The van der Waals surface area contributed by atoms with Crippen LogP contribution in [0, 0.1) is 5.92 Å². The Bertz CT molecular complexity index is 214. The second kappa shape index (κ2) is 12.1. The molecule has 0 aliphatic heterocycles. The van der Waals surface area contributed by atoms with E-state index in [4.69, 9.17) is 29.4 Å². The molecule has 0 amide bonds. The van der Waals surface area contributed by atoms with Crippen molar-refractivity contribution < 1.29 is 29.4 Å². The van der Waals surface area contributed by atoms with E-state index >= 15 is 0 Å². The van der Waals surface area contributed by atoms with E-state index in [2.05, 4.69) is 44.4 Å². The molecule has 0 aliphatic rings. The van der Waals surface area contributed by atoms with Gasteiger partial charge in [0.25, 0.3) is 0 Å². The summed E-state index contributed by atoms with van der Waals surface area (Å²) in [7, 11) is 0. The van der Waals surface area contributed by atoms with Gasteiger partial charge in [-0.15, -0.1) is 0 Å². The third-order valence-corrected chi connectivity index (χ3v) is 1.48. The van der Waals surface area contributed by atoms with Crippen LogP contribution in [0.1, 0.15) is 40.0 Å². The van der Waals surface area contributed by atoms with Crippen LogP contribution in [-0.2, 0) is 23.6 Å². The number of rotatable bonds is 3. The van der Waals surface area contributed by atoms with Gasteiger partial charge >= 0.3 is 13.4 Å². The smallest absolute Gasteiger partial charge is 0.319 e. The van der Waals surface area contributed by atoms with Crippen LogP contribution in [0.4, 0.5) is 0 Å². The van der Waals surface area contributed by atoms with Crippen molar-refractivity contribution in [3.63, 3.8) is 0 Å². The van der Waals surface area contributed by atoms with E-state index < -0.39 is 13.4 Å². The van der Waals surface area contributed by atoms with Gasteiger partial charge in [-0.1, -0.05) is 40.0 Å². The highest BCUT2D eigenvalue weighted by molar-refractivity contribution is 8.06. The predicted molar refractivity (Wildman–Crippen MR) is 76.2 cm³/mol. The molecule has 1 unspecified atom stereocenters. The molecule has 0 fully saturated rings. The quantitative estimate of drug-likeness (QED) is 0.428. The molecule has 17 heavy (non-hydrogen) atoms. The molecule has 1 atom stereocenters. The average molecular weight is 328 g/mol. The van der Waals surface area contributed by atoms with E-state index in [1.54, 1.807) is 0 Å². The van der Waals surface area contributed by atoms with Crippen LogP contribution in [0.5, 0.6) is 0 Å². The van der Waals surface area contributed by atoms with Crippen molar-refractivity contribution in [2.24, 2.45) is 5.92 Å². The van der Waals surface area contributed by atoms with Gasteiger partial charge in [0.15, 0.2) is 0 Å². The zero-order valence-corrected chi connectivity index (χ0v) is 13.5. The van der Waals surface area contributed by atoms with E-state index in [1.807, 2.05) is 0 Å². The van der Waals surface area contributed by atoms with Gasteiger partial charge in [0.05, 0.1) is 0 Å². The standard InChI is InChI=1S/C7H16.2H3O3PS/c1-4-6-7(3)5-2;2*1-4(2,3)5/h7H,4-6H2,1-3H3;2*(H3,1,2,3,5). The zero-order chi connectivity index (χ0) is 14.7. The molecule has 0 bridgehead atoms. The molecule has 6 nitrogen and oxygen atoms in total. The lowest BCUT2D eigenvalue weighted by molar-refractivity contribution is 0.361. The fraction of sp³-hybridized carbons (Fsp3) is 1.00. The Morgan fingerprint density at radius 2 is 1.12 bits per heavy atom. The molecule has 10 heteroatoms. The Morgan fingerprint density at radius 3 is 1.18 bits per heavy atom. The Kier molecular flexibility index (Phi) is 16.5. The number of hydrogen-bond acceptors (Lipinski definition) is 2. The van der Waals surface area contributed by atoms with Gasteiger partial charge in [0.1, 0.15) is 0 Å². The van der Waals surface area contributed by atoms with E-state index in [1.165, 1.54) is 19.3 Å². The third-order valence-electron chi connectivity index (χ3n) is 1.48. The summed E-state index contributed by atoms with van der Waals surface area (Å²) in [5, 5.41) is 0. The Morgan fingerprint density at radius 1 is 0.882 bits per heavy atom. The minimum Gasteiger partial charge on any atom is -0.325 e. The van der Waals surface area contributed by atoms with Gasteiger partial charge in [-0.05, 0) is 29.5 Å². The lowest BCUT2D eigenvalue weighted by atomic mass is 10.0. The third kappa shape index (κ3) is 105. The molecule has 0 aromatic rings. The highest BCUT2D eigenvalue weighted by atomic mass is 32.5. The summed E-state index contributed by atoms with van der Waals surface area (Å²) in [4.78, 5) is 45.3. The summed E-state index contributed by atoms with van der Waals surface area (Å²) in [5.41, 5.74) is 0. The SMILES string of the molecule is CCCC(C)CC.OP(O)(O)=S.OP(O)(O)=S. The summed E-state index contributed by atoms with van der Waals surface area (Å²) < 4.78 is 0. The molecule has 0 radical (unpaired) electrons. The van der Waals surface area contributed by atoms with E-state index in [0.717, 1.165) is 5.92 Å². The first kappa shape index (κ1) is 23.2. The topological polar surface area (TPSA) is 121 Å². The molecule has 6 N–H and O–H groups in total.